The topological polar surface area (TPSA) is 12.0 Å². The van der Waals surface area contributed by atoms with Gasteiger partial charge in [0.15, 0.2) is 0 Å². The fraction of sp³-hybridized carbons (Fsp3) is 0.273. The van der Waals surface area contributed by atoms with Crippen molar-refractivity contribution in [3.63, 3.8) is 0 Å². The molecule has 0 amide bonds. The molecule has 2 rings (SSSR count). The van der Waals surface area contributed by atoms with E-state index in [0.717, 1.165) is 0 Å². The molecule has 0 spiro atoms. The number of hydrogen-bond donors (Lipinski definition) is 1. The van der Waals surface area contributed by atoms with E-state index in [2.05, 4.69) is 88.5 Å². The minimum absolute atomic E-state index is 1.20. The quantitative estimate of drug-likeness (QED) is 0.715. The molecule has 0 radical (unpaired) electrons. The molecule has 0 atom stereocenters. The fourth-order valence-corrected chi connectivity index (χ4v) is 2.71. The molecule has 1 nitrogen and oxygen atoms in total. The van der Waals surface area contributed by atoms with Crippen molar-refractivity contribution < 1.29 is 0 Å². The lowest BCUT2D eigenvalue weighted by Crippen LogP contribution is -2.06. The lowest BCUT2D eigenvalue weighted by Gasteiger charge is -2.11. The van der Waals surface area contributed by atoms with E-state index in [9.17, 15) is 0 Å². The Morgan fingerprint density at radius 1 is 0.609 bits per heavy atom. The van der Waals surface area contributed by atoms with Crippen molar-refractivity contribution in [2.45, 2.75) is 34.6 Å². The second-order valence-electron chi connectivity index (χ2n) is 6.40. The molecule has 0 saturated carbocycles. The predicted molar refractivity (Wildman–Crippen MR) is 103 cm³/mol. The maximum absolute atomic E-state index is 3.28. The second-order valence-corrected chi connectivity index (χ2v) is 6.40. The number of allylic oxidation sites excluding steroid dienone is 3. The third-order valence-electron chi connectivity index (χ3n) is 4.32. The Kier molecular flexibility index (Phi) is 5.44. The molecule has 120 valence electrons. The van der Waals surface area contributed by atoms with Gasteiger partial charge in [0.25, 0.3) is 0 Å². The van der Waals surface area contributed by atoms with Gasteiger partial charge < -0.3 is 5.32 Å². The average molecular weight is 305 g/mol. The van der Waals surface area contributed by atoms with E-state index in [-0.39, 0.29) is 0 Å². The molecule has 2 aromatic carbocycles. The summed E-state index contributed by atoms with van der Waals surface area (Å²) in [5, 5.41) is 3.28. The highest BCUT2D eigenvalue weighted by molar-refractivity contribution is 5.73. The maximum atomic E-state index is 3.28. The first-order valence-electron chi connectivity index (χ1n) is 8.14. The second kappa shape index (κ2) is 7.32. The molecule has 0 heterocycles. The van der Waals surface area contributed by atoms with Crippen LogP contribution >= 0.6 is 0 Å². The van der Waals surface area contributed by atoms with Crippen molar-refractivity contribution >= 4 is 11.3 Å². The Balaban J connectivity index is 2.30. The first kappa shape index (κ1) is 17.1. The molecule has 23 heavy (non-hydrogen) atoms. The third kappa shape index (κ3) is 3.92. The molecular weight excluding hydrogens is 278 g/mol. The van der Waals surface area contributed by atoms with E-state index in [1.807, 2.05) is 7.05 Å². The Hall–Kier alpha value is -2.28. The van der Waals surface area contributed by atoms with Crippen LogP contribution in [0.25, 0.3) is 22.4 Å². The van der Waals surface area contributed by atoms with Crippen LogP contribution in [0.4, 0.5) is 0 Å². The molecule has 0 fully saturated rings. The first-order valence-corrected chi connectivity index (χ1v) is 8.14. The summed E-state index contributed by atoms with van der Waals surface area (Å²) in [6.45, 7) is 10.8. The van der Waals surface area contributed by atoms with Crippen molar-refractivity contribution in [1.82, 2.24) is 5.32 Å². The van der Waals surface area contributed by atoms with Gasteiger partial charge in [0.05, 0.1) is 0 Å². The average Bonchev–Trinajstić information content (AvgIpc) is 2.55. The molecule has 0 aromatic heterocycles. The van der Waals surface area contributed by atoms with Crippen molar-refractivity contribution in [3.8, 4) is 11.1 Å². The van der Waals surface area contributed by atoms with Gasteiger partial charge in [-0.25, -0.2) is 0 Å². The van der Waals surface area contributed by atoms with Gasteiger partial charge in [0.2, 0.25) is 0 Å². The Morgan fingerprint density at radius 2 is 1.04 bits per heavy atom. The van der Waals surface area contributed by atoms with Crippen LogP contribution in [-0.4, -0.2) is 7.05 Å². The van der Waals surface area contributed by atoms with Gasteiger partial charge in [-0.15, -0.1) is 0 Å². The number of rotatable bonds is 4. The van der Waals surface area contributed by atoms with Crippen LogP contribution in [0.1, 0.15) is 45.7 Å². The summed E-state index contributed by atoms with van der Waals surface area (Å²) in [5.41, 5.74) is 10.2. The van der Waals surface area contributed by atoms with Crippen LogP contribution in [0.5, 0.6) is 0 Å². The molecular formula is C22H27N. The summed E-state index contributed by atoms with van der Waals surface area (Å²) >= 11 is 0. The Bertz CT molecular complexity index is 721. The van der Waals surface area contributed by atoms with Gasteiger partial charge in [-0.3, -0.25) is 0 Å². The predicted octanol–water partition coefficient (Wildman–Crippen LogP) is 6.14. The van der Waals surface area contributed by atoms with Gasteiger partial charge in [-0.2, -0.15) is 0 Å². The minimum atomic E-state index is 1.20. The zero-order chi connectivity index (χ0) is 17.0. The smallest absolute Gasteiger partial charge is 0.0397 e. The van der Waals surface area contributed by atoms with Crippen LogP contribution in [-0.2, 0) is 0 Å². The highest BCUT2D eigenvalue weighted by atomic mass is 14.8. The van der Waals surface area contributed by atoms with Crippen LogP contribution in [0, 0.1) is 0 Å². The fourth-order valence-electron chi connectivity index (χ4n) is 2.71. The van der Waals surface area contributed by atoms with Crippen LogP contribution in [0.3, 0.4) is 0 Å². The molecule has 0 unspecified atom stereocenters. The first-order chi connectivity index (χ1) is 10.9. The highest BCUT2D eigenvalue weighted by Crippen LogP contribution is 2.25. The number of nitrogens with one attached hydrogen (secondary N) is 1. The van der Waals surface area contributed by atoms with E-state index in [4.69, 9.17) is 0 Å². The molecule has 0 aliphatic carbocycles. The largest absolute Gasteiger partial charge is 0.388 e. The minimum Gasteiger partial charge on any atom is -0.388 e. The van der Waals surface area contributed by atoms with Crippen LogP contribution in [0.15, 0.2) is 59.7 Å². The molecule has 2 aromatic rings. The summed E-state index contributed by atoms with van der Waals surface area (Å²) < 4.78 is 0. The monoisotopic (exact) mass is 305 g/mol. The summed E-state index contributed by atoms with van der Waals surface area (Å²) in [5.74, 6) is 0. The summed E-state index contributed by atoms with van der Waals surface area (Å²) in [6.07, 6.45) is 0. The van der Waals surface area contributed by atoms with E-state index < -0.39 is 0 Å². The van der Waals surface area contributed by atoms with Gasteiger partial charge >= 0.3 is 0 Å². The van der Waals surface area contributed by atoms with Crippen LogP contribution in [0.2, 0.25) is 0 Å². The van der Waals surface area contributed by atoms with Crippen LogP contribution < -0.4 is 5.32 Å². The van der Waals surface area contributed by atoms with Gasteiger partial charge in [0.1, 0.15) is 0 Å². The van der Waals surface area contributed by atoms with Gasteiger partial charge in [-0.05, 0) is 62.4 Å². The van der Waals surface area contributed by atoms with Crippen molar-refractivity contribution in [2.24, 2.45) is 0 Å². The SMILES string of the molecule is CNC(=C(C)C)c1ccc(-c2ccc(C(C)=C(C)C)cc2)cc1. The molecule has 1 N–H and O–H groups in total. The van der Waals surface area contributed by atoms with E-state index in [1.165, 1.54) is 44.7 Å². The van der Waals surface area contributed by atoms with Crippen molar-refractivity contribution in [2.75, 3.05) is 7.05 Å². The highest BCUT2D eigenvalue weighted by Gasteiger charge is 2.04. The van der Waals surface area contributed by atoms with E-state index >= 15 is 0 Å². The van der Waals surface area contributed by atoms with E-state index in [1.54, 1.807) is 0 Å². The van der Waals surface area contributed by atoms with E-state index in [0.29, 0.717) is 0 Å². The van der Waals surface area contributed by atoms with Crippen molar-refractivity contribution in [1.29, 1.82) is 0 Å². The molecule has 1 heteroatoms. The zero-order valence-corrected chi connectivity index (χ0v) is 15.1. The van der Waals surface area contributed by atoms with Gasteiger partial charge in [0, 0.05) is 12.7 Å². The summed E-state index contributed by atoms with van der Waals surface area (Å²) in [6, 6.07) is 17.6. The maximum Gasteiger partial charge on any atom is 0.0397 e. The number of hydrogen-bond acceptors (Lipinski definition) is 1. The number of benzene rings is 2. The summed E-state index contributed by atoms with van der Waals surface area (Å²) in [7, 11) is 1.97. The Labute approximate surface area is 140 Å². The normalized spacial score (nSPS) is 10.2. The zero-order valence-electron chi connectivity index (χ0n) is 15.1. The van der Waals surface area contributed by atoms with Crippen molar-refractivity contribution in [3.05, 3.63) is 70.8 Å². The lowest BCUT2D eigenvalue weighted by molar-refractivity contribution is 1.10. The summed E-state index contributed by atoms with van der Waals surface area (Å²) in [4.78, 5) is 0. The van der Waals surface area contributed by atoms with Gasteiger partial charge in [-0.1, -0.05) is 59.7 Å². The molecule has 0 bridgehead atoms. The Morgan fingerprint density at radius 3 is 1.39 bits per heavy atom. The molecule has 0 saturated heterocycles. The molecule has 0 aliphatic rings. The lowest BCUT2D eigenvalue weighted by atomic mass is 9.98. The standard InChI is InChI=1S/C22H27N/c1-15(2)17(5)18-7-9-19(10-8-18)20-11-13-21(14-12-20)22(23-6)16(3)4/h7-14,23H,1-6H3. The molecule has 0 aliphatic heterocycles. The third-order valence-corrected chi connectivity index (χ3v) is 4.32.